The van der Waals surface area contributed by atoms with Crippen LogP contribution < -0.4 is 10.6 Å². The molecule has 1 amide bonds. The maximum absolute atomic E-state index is 12.7. The van der Waals surface area contributed by atoms with E-state index in [-0.39, 0.29) is 17.7 Å². The Hall–Kier alpha value is -3.09. The molecule has 0 spiro atoms. The van der Waals surface area contributed by atoms with Crippen molar-refractivity contribution >= 4 is 39.7 Å². The van der Waals surface area contributed by atoms with E-state index in [9.17, 15) is 4.79 Å². The highest BCUT2D eigenvalue weighted by molar-refractivity contribution is 7.16. The number of aryl methyl sites for hydroxylation is 2. The number of aromatic nitrogens is 1. The zero-order chi connectivity index (χ0) is 21.8. The van der Waals surface area contributed by atoms with E-state index in [4.69, 9.17) is 16.0 Å². The van der Waals surface area contributed by atoms with Gasteiger partial charge in [-0.3, -0.25) is 4.79 Å². The number of rotatable bonds is 7. The maximum atomic E-state index is 12.7. The number of furan rings is 1. The van der Waals surface area contributed by atoms with Crippen molar-refractivity contribution < 1.29 is 9.21 Å². The highest BCUT2D eigenvalue weighted by Crippen LogP contribution is 2.40. The van der Waals surface area contributed by atoms with Gasteiger partial charge in [0.1, 0.15) is 10.8 Å². The second-order valence-electron chi connectivity index (χ2n) is 7.10. The topological polar surface area (TPSA) is 67.2 Å². The lowest BCUT2D eigenvalue weighted by Crippen LogP contribution is -2.17. The van der Waals surface area contributed by atoms with Crippen LogP contribution in [-0.4, -0.2) is 10.9 Å². The van der Waals surface area contributed by atoms with Crippen molar-refractivity contribution in [2.45, 2.75) is 26.3 Å². The van der Waals surface area contributed by atoms with Gasteiger partial charge in [0, 0.05) is 21.7 Å². The van der Waals surface area contributed by atoms with Crippen molar-refractivity contribution in [3.63, 3.8) is 0 Å². The quantitative estimate of drug-likeness (QED) is 0.327. The molecule has 5 nitrogen and oxygen atoms in total. The number of nitrogens with one attached hydrogen (secondary N) is 2. The number of pyridine rings is 1. The lowest BCUT2D eigenvalue weighted by Gasteiger charge is -2.22. The summed E-state index contributed by atoms with van der Waals surface area (Å²) >= 11 is 8.14. The van der Waals surface area contributed by atoms with Crippen LogP contribution in [0.3, 0.4) is 0 Å². The van der Waals surface area contributed by atoms with Gasteiger partial charge in [-0.1, -0.05) is 36.7 Å². The van der Waals surface area contributed by atoms with Crippen molar-refractivity contribution in [1.29, 1.82) is 0 Å². The van der Waals surface area contributed by atoms with Crippen LogP contribution in [0.5, 0.6) is 0 Å². The Morgan fingerprint density at radius 3 is 2.71 bits per heavy atom. The number of anilines is 2. The molecule has 7 heteroatoms. The standard InChI is InChI=1S/C24H22ClN3O2S/c1-3-16-14-18(24(31-16)28-23(29)20-9-6-12-30-20)22(17-7-4-5-8-19(17)25)27-21-13-15(2)10-11-26-21/h4-14,22H,3H2,1-2H3,(H,26,27)(H,28,29)/t22-/m0/s1. The predicted octanol–water partition coefficient (Wildman–Crippen LogP) is 6.71. The first kappa shape index (κ1) is 21.2. The number of hydrogen-bond acceptors (Lipinski definition) is 5. The minimum absolute atomic E-state index is 0.264. The molecule has 0 aliphatic rings. The molecule has 0 aliphatic heterocycles. The van der Waals surface area contributed by atoms with Gasteiger partial charge in [-0.15, -0.1) is 11.3 Å². The van der Waals surface area contributed by atoms with Crippen LogP contribution in [0.1, 0.15) is 45.1 Å². The zero-order valence-corrected chi connectivity index (χ0v) is 18.8. The maximum Gasteiger partial charge on any atom is 0.291 e. The average molecular weight is 452 g/mol. The van der Waals surface area contributed by atoms with E-state index >= 15 is 0 Å². The molecule has 0 aliphatic carbocycles. The van der Waals surface area contributed by atoms with Gasteiger partial charge in [-0.2, -0.15) is 0 Å². The van der Waals surface area contributed by atoms with E-state index in [1.165, 1.54) is 6.26 Å². The van der Waals surface area contributed by atoms with E-state index in [1.54, 1.807) is 29.7 Å². The fourth-order valence-corrected chi connectivity index (χ4v) is 4.59. The summed E-state index contributed by atoms with van der Waals surface area (Å²) in [6, 6.07) is 16.8. The van der Waals surface area contributed by atoms with Crippen LogP contribution in [-0.2, 0) is 6.42 Å². The number of thiophene rings is 1. The second kappa shape index (κ2) is 9.37. The molecule has 2 N–H and O–H groups in total. The van der Waals surface area contributed by atoms with E-state index in [2.05, 4.69) is 28.6 Å². The molecule has 4 rings (SSSR count). The Morgan fingerprint density at radius 2 is 2.00 bits per heavy atom. The van der Waals surface area contributed by atoms with Crippen LogP contribution in [0.25, 0.3) is 0 Å². The highest BCUT2D eigenvalue weighted by atomic mass is 35.5. The molecule has 0 bridgehead atoms. The van der Waals surface area contributed by atoms with Crippen LogP contribution in [0.2, 0.25) is 5.02 Å². The summed E-state index contributed by atoms with van der Waals surface area (Å²) in [5, 5.41) is 7.92. The summed E-state index contributed by atoms with van der Waals surface area (Å²) in [4.78, 5) is 18.3. The normalized spacial score (nSPS) is 11.8. The van der Waals surface area contributed by atoms with Crippen LogP contribution in [0.4, 0.5) is 10.8 Å². The van der Waals surface area contributed by atoms with Crippen molar-refractivity contribution in [3.8, 4) is 0 Å². The summed E-state index contributed by atoms with van der Waals surface area (Å²) < 4.78 is 5.26. The molecule has 0 radical (unpaired) electrons. The summed E-state index contributed by atoms with van der Waals surface area (Å²) in [5.41, 5.74) is 2.93. The minimum atomic E-state index is -0.300. The van der Waals surface area contributed by atoms with Gasteiger partial charge in [-0.25, -0.2) is 4.98 Å². The monoisotopic (exact) mass is 451 g/mol. The SMILES string of the molecule is CCc1cc([C@@H](Nc2cc(C)ccn2)c2ccccc2Cl)c(NC(=O)c2ccco2)s1. The number of carbonyl (C=O) groups is 1. The summed E-state index contributed by atoms with van der Waals surface area (Å²) in [6.45, 7) is 4.11. The predicted molar refractivity (Wildman–Crippen MR) is 126 cm³/mol. The molecule has 0 saturated heterocycles. The van der Waals surface area contributed by atoms with Crippen LogP contribution >= 0.6 is 22.9 Å². The van der Waals surface area contributed by atoms with E-state index in [1.807, 2.05) is 43.3 Å². The average Bonchev–Trinajstić information content (AvgIpc) is 3.43. The molecule has 3 aromatic heterocycles. The van der Waals surface area contributed by atoms with E-state index < -0.39 is 0 Å². The minimum Gasteiger partial charge on any atom is -0.459 e. The van der Waals surface area contributed by atoms with Crippen molar-refractivity contribution in [2.24, 2.45) is 0 Å². The number of carbonyl (C=O) groups excluding carboxylic acids is 1. The smallest absolute Gasteiger partial charge is 0.291 e. The Morgan fingerprint density at radius 1 is 1.16 bits per heavy atom. The summed E-state index contributed by atoms with van der Waals surface area (Å²) in [7, 11) is 0. The van der Waals surface area contributed by atoms with Gasteiger partial charge in [-0.05, 0) is 60.9 Å². The Bertz CT molecular complexity index is 1190. The summed E-state index contributed by atoms with van der Waals surface area (Å²) in [5.74, 6) is 0.708. The molecule has 3 heterocycles. The van der Waals surface area contributed by atoms with Gasteiger partial charge < -0.3 is 15.1 Å². The first-order valence-electron chi connectivity index (χ1n) is 9.96. The first-order valence-corrected chi connectivity index (χ1v) is 11.2. The molecule has 31 heavy (non-hydrogen) atoms. The molecular formula is C24H22ClN3O2S. The molecule has 1 atom stereocenters. The molecular weight excluding hydrogens is 430 g/mol. The molecule has 0 unspecified atom stereocenters. The van der Waals surface area contributed by atoms with Gasteiger partial charge in [0.25, 0.3) is 5.91 Å². The van der Waals surface area contributed by atoms with Gasteiger partial charge >= 0.3 is 0 Å². The third-order valence-electron chi connectivity index (χ3n) is 4.87. The fourth-order valence-electron chi connectivity index (χ4n) is 3.31. The van der Waals surface area contributed by atoms with Crippen molar-refractivity contribution in [2.75, 3.05) is 10.6 Å². The number of halogens is 1. The Balaban J connectivity index is 1.78. The number of benzene rings is 1. The molecule has 158 valence electrons. The van der Waals surface area contributed by atoms with E-state index in [0.29, 0.717) is 5.02 Å². The van der Waals surface area contributed by atoms with Gasteiger partial charge in [0.2, 0.25) is 0 Å². The first-order chi connectivity index (χ1) is 15.0. The molecule has 0 saturated carbocycles. The molecule has 1 aromatic carbocycles. The second-order valence-corrected chi connectivity index (χ2v) is 8.64. The third kappa shape index (κ3) is 4.81. The third-order valence-corrected chi connectivity index (χ3v) is 6.42. The Labute approximate surface area is 190 Å². The van der Waals surface area contributed by atoms with Crippen molar-refractivity contribution in [1.82, 2.24) is 4.98 Å². The number of nitrogens with zero attached hydrogens (tertiary/aromatic N) is 1. The van der Waals surface area contributed by atoms with Crippen LogP contribution in [0, 0.1) is 6.92 Å². The largest absolute Gasteiger partial charge is 0.459 e. The van der Waals surface area contributed by atoms with Crippen LogP contribution in [0.15, 0.2) is 71.5 Å². The molecule has 0 fully saturated rings. The van der Waals surface area contributed by atoms with Crippen molar-refractivity contribution in [3.05, 3.63) is 99.4 Å². The number of hydrogen-bond donors (Lipinski definition) is 2. The summed E-state index contributed by atoms with van der Waals surface area (Å²) in [6.07, 6.45) is 4.11. The van der Waals surface area contributed by atoms with Gasteiger partial charge in [0.15, 0.2) is 5.76 Å². The molecule has 4 aromatic rings. The van der Waals surface area contributed by atoms with E-state index in [0.717, 1.165) is 38.8 Å². The number of amides is 1. The zero-order valence-electron chi connectivity index (χ0n) is 17.2. The highest BCUT2D eigenvalue weighted by Gasteiger charge is 2.24. The van der Waals surface area contributed by atoms with Gasteiger partial charge in [0.05, 0.1) is 12.3 Å². The fraction of sp³-hybridized carbons (Fsp3) is 0.167. The lowest BCUT2D eigenvalue weighted by molar-refractivity contribution is 0.0997. The Kier molecular flexibility index (Phi) is 6.39. The lowest BCUT2D eigenvalue weighted by atomic mass is 9.99.